The van der Waals surface area contributed by atoms with E-state index < -0.39 is 0 Å². The first kappa shape index (κ1) is 16.5. The highest BCUT2D eigenvalue weighted by Gasteiger charge is 2.36. The molecule has 1 aliphatic rings. The van der Waals surface area contributed by atoms with Crippen LogP contribution in [0.3, 0.4) is 0 Å². The number of benzene rings is 1. The molecule has 120 valence electrons. The van der Waals surface area contributed by atoms with Crippen molar-refractivity contribution in [3.8, 4) is 0 Å². The Bertz CT molecular complexity index is 530. The van der Waals surface area contributed by atoms with Gasteiger partial charge < -0.3 is 9.80 Å². The molecule has 0 aliphatic carbocycles. The van der Waals surface area contributed by atoms with Gasteiger partial charge in [0.1, 0.15) is 5.82 Å². The SMILES string of the molecule is CCCCN(CC)C(=O)C1CC(=O)N(c2ccc(F)cc2)C1. The van der Waals surface area contributed by atoms with Crippen LogP contribution in [0.2, 0.25) is 0 Å². The van der Waals surface area contributed by atoms with Gasteiger partial charge in [-0.05, 0) is 37.6 Å². The van der Waals surface area contributed by atoms with Crippen LogP contribution in [0.5, 0.6) is 0 Å². The Kier molecular flexibility index (Phi) is 5.52. The number of hydrogen-bond donors (Lipinski definition) is 0. The van der Waals surface area contributed by atoms with Crippen LogP contribution in [0.4, 0.5) is 10.1 Å². The molecule has 1 fully saturated rings. The van der Waals surface area contributed by atoms with Gasteiger partial charge >= 0.3 is 0 Å². The summed E-state index contributed by atoms with van der Waals surface area (Å²) in [6.45, 7) is 5.84. The fraction of sp³-hybridized carbons (Fsp3) is 0.529. The Morgan fingerprint density at radius 1 is 1.32 bits per heavy atom. The topological polar surface area (TPSA) is 40.6 Å². The molecule has 0 spiro atoms. The summed E-state index contributed by atoms with van der Waals surface area (Å²) in [7, 11) is 0. The summed E-state index contributed by atoms with van der Waals surface area (Å²) in [5, 5.41) is 0. The predicted molar refractivity (Wildman–Crippen MR) is 84.0 cm³/mol. The van der Waals surface area contributed by atoms with Gasteiger partial charge in [0.05, 0.1) is 5.92 Å². The molecular formula is C17H23FN2O2. The van der Waals surface area contributed by atoms with Crippen LogP contribution in [0.25, 0.3) is 0 Å². The first-order valence-corrected chi connectivity index (χ1v) is 7.91. The van der Waals surface area contributed by atoms with E-state index in [-0.39, 0.29) is 30.0 Å². The highest BCUT2D eigenvalue weighted by Crippen LogP contribution is 2.26. The molecule has 1 heterocycles. The molecule has 2 rings (SSSR count). The lowest BCUT2D eigenvalue weighted by Gasteiger charge is -2.24. The number of anilines is 1. The van der Waals surface area contributed by atoms with Crippen LogP contribution >= 0.6 is 0 Å². The summed E-state index contributed by atoms with van der Waals surface area (Å²) in [6, 6.07) is 5.82. The van der Waals surface area contributed by atoms with E-state index in [1.165, 1.54) is 12.1 Å². The van der Waals surface area contributed by atoms with Gasteiger partial charge in [-0.3, -0.25) is 9.59 Å². The molecule has 1 aromatic rings. The van der Waals surface area contributed by atoms with Gasteiger partial charge in [0.2, 0.25) is 11.8 Å². The first-order valence-electron chi connectivity index (χ1n) is 7.91. The average molecular weight is 306 g/mol. The number of amides is 2. The van der Waals surface area contributed by atoms with Crippen LogP contribution < -0.4 is 4.90 Å². The van der Waals surface area contributed by atoms with Crippen molar-refractivity contribution in [2.45, 2.75) is 33.1 Å². The third-order valence-corrected chi connectivity index (χ3v) is 4.09. The summed E-state index contributed by atoms with van der Waals surface area (Å²) in [4.78, 5) is 28.1. The third-order valence-electron chi connectivity index (χ3n) is 4.09. The van der Waals surface area contributed by atoms with E-state index in [1.54, 1.807) is 17.0 Å². The molecule has 1 atom stereocenters. The summed E-state index contributed by atoms with van der Waals surface area (Å²) in [5.74, 6) is -0.653. The Morgan fingerprint density at radius 2 is 2.00 bits per heavy atom. The highest BCUT2D eigenvalue weighted by atomic mass is 19.1. The Balaban J connectivity index is 2.04. The van der Waals surface area contributed by atoms with Crippen molar-refractivity contribution in [1.82, 2.24) is 4.90 Å². The number of nitrogens with zero attached hydrogens (tertiary/aromatic N) is 2. The van der Waals surface area contributed by atoms with Crippen molar-refractivity contribution in [3.05, 3.63) is 30.1 Å². The zero-order valence-corrected chi connectivity index (χ0v) is 13.2. The van der Waals surface area contributed by atoms with Gasteiger partial charge in [-0.25, -0.2) is 4.39 Å². The fourth-order valence-electron chi connectivity index (χ4n) is 2.77. The number of halogens is 1. The maximum absolute atomic E-state index is 13.0. The molecular weight excluding hydrogens is 283 g/mol. The second kappa shape index (κ2) is 7.38. The van der Waals surface area contributed by atoms with Gasteiger partial charge in [-0.1, -0.05) is 13.3 Å². The predicted octanol–water partition coefficient (Wildman–Crippen LogP) is 2.83. The third kappa shape index (κ3) is 3.64. The van der Waals surface area contributed by atoms with Gasteiger partial charge in [0.25, 0.3) is 0 Å². The van der Waals surface area contributed by atoms with Gasteiger partial charge in [-0.2, -0.15) is 0 Å². The zero-order chi connectivity index (χ0) is 16.1. The van der Waals surface area contributed by atoms with Crippen molar-refractivity contribution in [2.24, 2.45) is 5.92 Å². The summed E-state index contributed by atoms with van der Waals surface area (Å²) in [5.41, 5.74) is 0.651. The highest BCUT2D eigenvalue weighted by molar-refractivity contribution is 6.00. The summed E-state index contributed by atoms with van der Waals surface area (Å²) >= 11 is 0. The Morgan fingerprint density at radius 3 is 2.59 bits per heavy atom. The zero-order valence-electron chi connectivity index (χ0n) is 13.2. The van der Waals surface area contributed by atoms with Crippen LogP contribution in [0.15, 0.2) is 24.3 Å². The van der Waals surface area contributed by atoms with E-state index in [2.05, 4.69) is 6.92 Å². The van der Waals surface area contributed by atoms with E-state index in [4.69, 9.17) is 0 Å². The van der Waals surface area contributed by atoms with Crippen LogP contribution in [0, 0.1) is 11.7 Å². The Hall–Kier alpha value is -1.91. The minimum absolute atomic E-state index is 0.0499. The van der Waals surface area contributed by atoms with Gasteiger partial charge in [-0.15, -0.1) is 0 Å². The van der Waals surface area contributed by atoms with Crippen LogP contribution in [-0.4, -0.2) is 36.3 Å². The van der Waals surface area contributed by atoms with Crippen LogP contribution in [0.1, 0.15) is 33.1 Å². The first-order chi connectivity index (χ1) is 10.6. The quantitative estimate of drug-likeness (QED) is 0.811. The lowest BCUT2D eigenvalue weighted by atomic mass is 10.1. The van der Waals surface area contributed by atoms with E-state index >= 15 is 0 Å². The largest absolute Gasteiger partial charge is 0.343 e. The molecule has 0 aromatic heterocycles. The van der Waals surface area contributed by atoms with E-state index in [9.17, 15) is 14.0 Å². The maximum atomic E-state index is 13.0. The normalized spacial score (nSPS) is 17.9. The van der Waals surface area contributed by atoms with E-state index in [0.717, 1.165) is 19.4 Å². The molecule has 0 radical (unpaired) electrons. The standard InChI is InChI=1S/C17H23FN2O2/c1-3-5-10-19(4-2)17(22)13-11-16(21)20(12-13)15-8-6-14(18)7-9-15/h6-9,13H,3-5,10-12H2,1-2H3. The number of rotatable bonds is 6. The fourth-order valence-corrected chi connectivity index (χ4v) is 2.77. The molecule has 1 aliphatic heterocycles. The van der Waals surface area contributed by atoms with Crippen molar-refractivity contribution < 1.29 is 14.0 Å². The molecule has 1 unspecified atom stereocenters. The average Bonchev–Trinajstić information content (AvgIpc) is 2.90. The molecule has 0 N–H and O–H groups in total. The molecule has 1 aromatic carbocycles. The smallest absolute Gasteiger partial charge is 0.228 e. The molecule has 0 saturated carbocycles. The molecule has 4 nitrogen and oxygen atoms in total. The summed E-state index contributed by atoms with van der Waals surface area (Å²) in [6.07, 6.45) is 2.25. The van der Waals surface area contributed by atoms with E-state index in [1.807, 2.05) is 11.8 Å². The van der Waals surface area contributed by atoms with Crippen molar-refractivity contribution in [1.29, 1.82) is 0 Å². The van der Waals surface area contributed by atoms with Crippen molar-refractivity contribution in [3.63, 3.8) is 0 Å². The molecule has 22 heavy (non-hydrogen) atoms. The van der Waals surface area contributed by atoms with Crippen molar-refractivity contribution in [2.75, 3.05) is 24.5 Å². The van der Waals surface area contributed by atoms with Crippen molar-refractivity contribution >= 4 is 17.5 Å². The number of unbranched alkanes of at least 4 members (excludes halogenated alkanes) is 1. The van der Waals surface area contributed by atoms with Gasteiger partial charge in [0, 0.05) is 31.7 Å². The molecule has 0 bridgehead atoms. The monoisotopic (exact) mass is 306 g/mol. The summed E-state index contributed by atoms with van der Waals surface area (Å²) < 4.78 is 13.0. The molecule has 2 amide bonds. The number of hydrogen-bond acceptors (Lipinski definition) is 2. The minimum Gasteiger partial charge on any atom is -0.343 e. The number of carbonyl (C=O) groups is 2. The maximum Gasteiger partial charge on any atom is 0.228 e. The lowest BCUT2D eigenvalue weighted by Crippen LogP contribution is -2.38. The number of carbonyl (C=O) groups excluding carboxylic acids is 2. The van der Waals surface area contributed by atoms with Crippen LogP contribution in [-0.2, 0) is 9.59 Å². The lowest BCUT2D eigenvalue weighted by molar-refractivity contribution is -0.135. The molecule has 1 saturated heterocycles. The van der Waals surface area contributed by atoms with Gasteiger partial charge in [0.15, 0.2) is 0 Å². The minimum atomic E-state index is -0.334. The van der Waals surface area contributed by atoms with E-state index in [0.29, 0.717) is 18.8 Å². The second-order valence-corrected chi connectivity index (χ2v) is 5.65. The Labute approximate surface area is 130 Å². The second-order valence-electron chi connectivity index (χ2n) is 5.65. The molecule has 5 heteroatoms.